The standard InChI is InChI=1S/C21H24Cl3N5O5S/c22-14-3-1-4-17(10-14)35(33,34)12-19(30)29(18(20(31)32)5-2-6-27-21(25)26)28-11-13-7-15(23)9-16(24)8-13/h1,3-4,7-10,18,28H,2,5-6,11-12H2,(H,31,32)(H4,25,26,27)/t18-/m0/s1. The highest BCUT2D eigenvalue weighted by Crippen LogP contribution is 2.20. The van der Waals surface area contributed by atoms with Crippen molar-refractivity contribution >= 4 is 62.5 Å². The zero-order valence-electron chi connectivity index (χ0n) is 18.3. The minimum absolute atomic E-state index is 0.0537. The third-order valence-electron chi connectivity index (χ3n) is 4.68. The second-order valence-electron chi connectivity index (χ2n) is 7.43. The molecule has 14 heteroatoms. The van der Waals surface area contributed by atoms with Gasteiger partial charge < -0.3 is 16.2 Å². The van der Waals surface area contributed by atoms with Gasteiger partial charge in [-0.05, 0) is 54.8 Å². The zero-order chi connectivity index (χ0) is 26.2. The van der Waals surface area contributed by atoms with Crippen LogP contribution in [0.4, 0.5) is 0 Å². The van der Waals surface area contributed by atoms with Gasteiger partial charge in [-0.1, -0.05) is 40.9 Å². The number of carbonyl (C=O) groups is 2. The molecule has 2 aromatic rings. The zero-order valence-corrected chi connectivity index (χ0v) is 21.4. The van der Waals surface area contributed by atoms with E-state index in [-0.39, 0.29) is 41.8 Å². The number of sulfone groups is 1. The van der Waals surface area contributed by atoms with Gasteiger partial charge in [-0.3, -0.25) is 15.2 Å². The van der Waals surface area contributed by atoms with E-state index < -0.39 is 33.5 Å². The van der Waals surface area contributed by atoms with E-state index in [0.717, 1.165) is 5.01 Å². The van der Waals surface area contributed by atoms with Crippen LogP contribution in [-0.2, 0) is 26.0 Å². The second kappa shape index (κ2) is 12.9. The number of nitrogens with two attached hydrogens (primary N) is 1. The van der Waals surface area contributed by atoms with E-state index in [9.17, 15) is 23.1 Å². The number of nitrogens with zero attached hydrogens (tertiary/aromatic N) is 1. The molecule has 0 aliphatic carbocycles. The molecule has 0 spiro atoms. The van der Waals surface area contributed by atoms with Crippen LogP contribution in [0.15, 0.2) is 47.4 Å². The summed E-state index contributed by atoms with van der Waals surface area (Å²) in [5.41, 5.74) is 8.49. The number of benzene rings is 2. The Kier molecular flexibility index (Phi) is 10.6. The highest BCUT2D eigenvalue weighted by atomic mass is 35.5. The fourth-order valence-electron chi connectivity index (χ4n) is 3.12. The van der Waals surface area contributed by atoms with Crippen LogP contribution in [0.2, 0.25) is 15.1 Å². The van der Waals surface area contributed by atoms with Gasteiger partial charge in [0.15, 0.2) is 15.8 Å². The van der Waals surface area contributed by atoms with Gasteiger partial charge in [0.25, 0.3) is 5.91 Å². The highest BCUT2D eigenvalue weighted by molar-refractivity contribution is 7.92. The Bertz CT molecular complexity index is 1180. The van der Waals surface area contributed by atoms with E-state index in [1.54, 1.807) is 12.1 Å². The maximum atomic E-state index is 13.1. The summed E-state index contributed by atoms with van der Waals surface area (Å²) >= 11 is 17.9. The largest absolute Gasteiger partial charge is 0.480 e. The molecule has 6 N–H and O–H groups in total. The molecule has 0 aliphatic heterocycles. The number of nitrogens with one attached hydrogen (secondary N) is 3. The number of carbonyl (C=O) groups excluding carboxylic acids is 1. The minimum atomic E-state index is -4.13. The lowest BCUT2D eigenvalue weighted by molar-refractivity contribution is -0.152. The van der Waals surface area contributed by atoms with Crippen molar-refractivity contribution in [3.05, 3.63) is 63.1 Å². The molecule has 0 fully saturated rings. The van der Waals surface area contributed by atoms with Crippen molar-refractivity contribution in [2.75, 3.05) is 12.3 Å². The van der Waals surface area contributed by atoms with Crippen molar-refractivity contribution in [3.8, 4) is 0 Å². The van der Waals surface area contributed by atoms with Crippen molar-refractivity contribution < 1.29 is 23.1 Å². The van der Waals surface area contributed by atoms with Crippen molar-refractivity contribution in [1.82, 2.24) is 15.8 Å². The molecule has 0 radical (unpaired) electrons. The lowest BCUT2D eigenvalue weighted by Gasteiger charge is -2.30. The summed E-state index contributed by atoms with van der Waals surface area (Å²) in [6, 6.07) is 8.65. The summed E-state index contributed by atoms with van der Waals surface area (Å²) in [5.74, 6) is -3.61. The third kappa shape index (κ3) is 9.19. The number of carboxylic acid groups (broad SMARTS) is 1. The molecule has 35 heavy (non-hydrogen) atoms. The summed E-state index contributed by atoms with van der Waals surface area (Å²) in [6.07, 6.45) is 0.175. The number of hydrazine groups is 1. The maximum Gasteiger partial charge on any atom is 0.328 e. The van der Waals surface area contributed by atoms with Crippen LogP contribution in [0, 0.1) is 5.41 Å². The molecule has 10 nitrogen and oxygen atoms in total. The molecule has 2 aromatic carbocycles. The van der Waals surface area contributed by atoms with E-state index in [1.165, 1.54) is 30.3 Å². The van der Waals surface area contributed by atoms with E-state index in [4.69, 9.17) is 45.9 Å². The molecule has 2 rings (SSSR count). The summed E-state index contributed by atoms with van der Waals surface area (Å²) in [7, 11) is -4.13. The van der Waals surface area contributed by atoms with E-state index >= 15 is 0 Å². The van der Waals surface area contributed by atoms with Crippen LogP contribution in [-0.4, -0.2) is 54.7 Å². The van der Waals surface area contributed by atoms with Gasteiger partial charge in [-0.2, -0.15) is 0 Å². The first-order valence-corrected chi connectivity index (χ1v) is 13.0. The molecule has 0 saturated carbocycles. The summed E-state index contributed by atoms with van der Waals surface area (Å²) in [6.45, 7) is 0.130. The van der Waals surface area contributed by atoms with Crippen molar-refractivity contribution in [2.45, 2.75) is 30.3 Å². The van der Waals surface area contributed by atoms with Crippen molar-refractivity contribution in [3.63, 3.8) is 0 Å². The normalized spacial score (nSPS) is 12.1. The number of halogens is 3. The molecule has 1 amide bonds. The Balaban J connectivity index is 2.29. The second-order valence-corrected chi connectivity index (χ2v) is 10.7. The third-order valence-corrected chi connectivity index (χ3v) is 6.95. The van der Waals surface area contributed by atoms with Gasteiger partial charge in [-0.25, -0.2) is 18.6 Å². The maximum absolute atomic E-state index is 13.1. The van der Waals surface area contributed by atoms with E-state index in [0.29, 0.717) is 15.6 Å². The van der Waals surface area contributed by atoms with Crippen LogP contribution < -0.4 is 16.5 Å². The molecule has 0 saturated heterocycles. The molecule has 190 valence electrons. The number of hydrogen-bond donors (Lipinski definition) is 5. The number of hydrogen-bond acceptors (Lipinski definition) is 6. The molecule has 0 aromatic heterocycles. The van der Waals surface area contributed by atoms with Gasteiger partial charge in [0.1, 0.15) is 11.8 Å². The van der Waals surface area contributed by atoms with E-state index in [1.807, 2.05) is 0 Å². The molecular formula is C21H24Cl3N5O5S. The number of amides is 1. The van der Waals surface area contributed by atoms with Crippen LogP contribution in [0.1, 0.15) is 18.4 Å². The number of carboxylic acids is 1. The number of aliphatic carboxylic acids is 1. The first-order valence-electron chi connectivity index (χ1n) is 10.2. The van der Waals surface area contributed by atoms with Gasteiger partial charge in [0, 0.05) is 28.2 Å². The van der Waals surface area contributed by atoms with Crippen LogP contribution in [0.5, 0.6) is 0 Å². The number of guanidine groups is 1. The average Bonchev–Trinajstić information content (AvgIpc) is 2.73. The Labute approximate surface area is 217 Å². The highest BCUT2D eigenvalue weighted by Gasteiger charge is 2.32. The van der Waals surface area contributed by atoms with Crippen LogP contribution in [0.3, 0.4) is 0 Å². The monoisotopic (exact) mass is 563 g/mol. The predicted octanol–water partition coefficient (Wildman–Crippen LogP) is 2.67. The topological polar surface area (TPSA) is 166 Å². The van der Waals surface area contributed by atoms with Gasteiger partial charge >= 0.3 is 5.97 Å². The van der Waals surface area contributed by atoms with Crippen molar-refractivity contribution in [1.29, 1.82) is 5.41 Å². The lowest BCUT2D eigenvalue weighted by Crippen LogP contribution is -2.54. The Morgan fingerprint density at radius 2 is 1.74 bits per heavy atom. The first-order chi connectivity index (χ1) is 16.4. The molecule has 0 heterocycles. The van der Waals surface area contributed by atoms with Gasteiger partial charge in [-0.15, -0.1) is 0 Å². The van der Waals surface area contributed by atoms with Gasteiger partial charge in [0.05, 0.1) is 4.90 Å². The average molecular weight is 565 g/mol. The quantitative estimate of drug-likeness (QED) is 0.114. The predicted molar refractivity (Wildman–Crippen MR) is 134 cm³/mol. The number of rotatable bonds is 12. The fourth-order valence-corrected chi connectivity index (χ4v) is 5.17. The summed E-state index contributed by atoms with van der Waals surface area (Å²) < 4.78 is 25.7. The molecule has 0 bridgehead atoms. The van der Waals surface area contributed by atoms with Crippen LogP contribution in [0.25, 0.3) is 0 Å². The van der Waals surface area contributed by atoms with Crippen LogP contribution >= 0.6 is 34.8 Å². The summed E-state index contributed by atoms with van der Waals surface area (Å²) in [5, 5.41) is 21.2. The summed E-state index contributed by atoms with van der Waals surface area (Å²) in [4.78, 5) is 25.0. The SMILES string of the molecule is N=C(N)NCCC[C@@H](C(=O)O)N(NCc1cc(Cl)cc(Cl)c1)C(=O)CS(=O)(=O)c1cccc(Cl)c1. The first kappa shape index (κ1) is 28.7. The minimum Gasteiger partial charge on any atom is -0.480 e. The van der Waals surface area contributed by atoms with Gasteiger partial charge in [0.2, 0.25) is 0 Å². The van der Waals surface area contributed by atoms with E-state index in [2.05, 4.69) is 10.7 Å². The molecule has 0 aliphatic rings. The smallest absolute Gasteiger partial charge is 0.328 e. The molecular weight excluding hydrogens is 541 g/mol. The molecule has 0 unspecified atom stereocenters. The van der Waals surface area contributed by atoms with Crippen molar-refractivity contribution in [2.24, 2.45) is 5.73 Å². The lowest BCUT2D eigenvalue weighted by atomic mass is 10.1. The fraction of sp³-hybridized carbons (Fsp3) is 0.286. The Morgan fingerprint density at radius 1 is 1.09 bits per heavy atom. The Hall–Kier alpha value is -2.57. The molecule has 1 atom stereocenters. The Morgan fingerprint density at radius 3 is 2.31 bits per heavy atom.